The molecular formula is C18H18N4O3S2. The first-order chi connectivity index (χ1) is 12.8. The summed E-state index contributed by atoms with van der Waals surface area (Å²) in [7, 11) is 2.75. The van der Waals surface area contributed by atoms with Gasteiger partial charge in [0.05, 0.1) is 10.9 Å². The number of nitrogen functional groups attached to an aromatic ring is 1. The Hall–Kier alpha value is -2.65. The van der Waals surface area contributed by atoms with Crippen LogP contribution >= 0.6 is 23.1 Å². The van der Waals surface area contributed by atoms with Crippen molar-refractivity contribution in [3.05, 3.63) is 62.1 Å². The molecule has 9 heteroatoms. The number of rotatable bonds is 5. The Kier molecular flexibility index (Phi) is 5.33. The Morgan fingerprint density at radius 2 is 1.85 bits per heavy atom. The predicted octanol–water partition coefficient (Wildman–Crippen LogP) is 2.15. The fourth-order valence-corrected chi connectivity index (χ4v) is 4.58. The maximum absolute atomic E-state index is 12.8. The third-order valence-corrected chi connectivity index (χ3v) is 6.23. The molecule has 2 aromatic heterocycles. The van der Waals surface area contributed by atoms with Crippen molar-refractivity contribution in [2.45, 2.75) is 16.5 Å². The molecule has 27 heavy (non-hydrogen) atoms. The van der Waals surface area contributed by atoms with Crippen LogP contribution in [0.5, 0.6) is 0 Å². The van der Waals surface area contributed by atoms with Gasteiger partial charge >= 0.3 is 5.69 Å². The molecule has 1 aromatic carbocycles. The second-order valence-electron chi connectivity index (χ2n) is 5.96. The zero-order valence-corrected chi connectivity index (χ0v) is 16.6. The highest BCUT2D eigenvalue weighted by atomic mass is 32.2. The molecule has 2 N–H and O–H groups in total. The van der Waals surface area contributed by atoms with Crippen molar-refractivity contribution in [1.29, 1.82) is 0 Å². The number of carbonyl (C=O) groups excluding carboxylic acids is 1. The average Bonchev–Trinajstić information content (AvgIpc) is 3.14. The number of nitrogens with zero attached hydrogens (tertiary/aromatic N) is 3. The number of hydrogen-bond donors (Lipinski definition) is 1. The van der Waals surface area contributed by atoms with E-state index in [0.29, 0.717) is 0 Å². The smallest absolute Gasteiger partial charge is 0.332 e. The first-order valence-electron chi connectivity index (χ1n) is 8.08. The number of hydrogen-bond acceptors (Lipinski definition) is 7. The molecule has 0 bridgehead atoms. The van der Waals surface area contributed by atoms with Gasteiger partial charge in [0, 0.05) is 25.0 Å². The molecule has 0 radical (unpaired) electrons. The summed E-state index contributed by atoms with van der Waals surface area (Å²) >= 11 is 2.69. The third-order valence-electron chi connectivity index (χ3n) is 4.16. The molecule has 0 aliphatic carbocycles. The lowest BCUT2D eigenvalue weighted by Crippen LogP contribution is -2.42. The van der Waals surface area contributed by atoms with E-state index in [9.17, 15) is 14.4 Å². The fraction of sp³-hybridized carbons (Fsp3) is 0.222. The van der Waals surface area contributed by atoms with E-state index < -0.39 is 22.3 Å². The van der Waals surface area contributed by atoms with Crippen LogP contribution in [-0.4, -0.2) is 25.2 Å². The molecule has 0 fully saturated rings. The minimum atomic E-state index is -0.683. The van der Waals surface area contributed by atoms with Crippen LogP contribution in [0, 0.1) is 0 Å². The van der Waals surface area contributed by atoms with Crippen molar-refractivity contribution < 1.29 is 4.79 Å². The summed E-state index contributed by atoms with van der Waals surface area (Å²) in [6.45, 7) is 1.70. The van der Waals surface area contributed by atoms with Gasteiger partial charge in [0.1, 0.15) is 11.4 Å². The summed E-state index contributed by atoms with van der Waals surface area (Å²) in [5.41, 5.74) is 6.28. The SMILES string of the molecule is CC(Sc1nc(-c2ccccc2)cs1)C(=O)c1c(N)n(C)c(=O)n(C)c1=O. The van der Waals surface area contributed by atoms with Gasteiger partial charge < -0.3 is 5.73 Å². The van der Waals surface area contributed by atoms with Crippen LogP contribution in [0.1, 0.15) is 17.3 Å². The number of anilines is 1. The van der Waals surface area contributed by atoms with Crippen LogP contribution in [-0.2, 0) is 14.1 Å². The quantitative estimate of drug-likeness (QED) is 0.518. The normalized spacial score (nSPS) is 12.1. The lowest BCUT2D eigenvalue weighted by Gasteiger charge is -2.13. The lowest BCUT2D eigenvalue weighted by atomic mass is 10.1. The molecule has 0 aliphatic rings. The molecule has 0 aliphatic heterocycles. The van der Waals surface area contributed by atoms with E-state index in [-0.39, 0.29) is 11.4 Å². The number of thioether (sulfide) groups is 1. The molecule has 0 spiro atoms. The van der Waals surface area contributed by atoms with Crippen LogP contribution in [0.3, 0.4) is 0 Å². The zero-order valence-electron chi connectivity index (χ0n) is 15.0. The van der Waals surface area contributed by atoms with Crippen molar-refractivity contribution in [3.63, 3.8) is 0 Å². The average molecular weight is 403 g/mol. The van der Waals surface area contributed by atoms with Gasteiger partial charge in [0.15, 0.2) is 10.1 Å². The van der Waals surface area contributed by atoms with E-state index >= 15 is 0 Å². The van der Waals surface area contributed by atoms with E-state index in [4.69, 9.17) is 5.73 Å². The van der Waals surface area contributed by atoms with Gasteiger partial charge in [-0.2, -0.15) is 0 Å². The monoisotopic (exact) mass is 402 g/mol. The van der Waals surface area contributed by atoms with Crippen molar-refractivity contribution in [3.8, 4) is 11.3 Å². The molecule has 2 heterocycles. The van der Waals surface area contributed by atoms with E-state index in [2.05, 4.69) is 4.98 Å². The van der Waals surface area contributed by atoms with Crippen molar-refractivity contribution in [1.82, 2.24) is 14.1 Å². The van der Waals surface area contributed by atoms with E-state index in [1.54, 1.807) is 6.92 Å². The van der Waals surface area contributed by atoms with Crippen molar-refractivity contribution in [2.75, 3.05) is 5.73 Å². The highest BCUT2D eigenvalue weighted by molar-refractivity contribution is 8.02. The van der Waals surface area contributed by atoms with Crippen LogP contribution in [0.4, 0.5) is 5.82 Å². The Balaban J connectivity index is 1.87. The Morgan fingerprint density at radius 1 is 1.19 bits per heavy atom. The molecular weight excluding hydrogens is 384 g/mol. The van der Waals surface area contributed by atoms with E-state index in [0.717, 1.165) is 24.7 Å². The lowest BCUT2D eigenvalue weighted by molar-refractivity contribution is 0.0992. The molecule has 1 unspecified atom stereocenters. The van der Waals surface area contributed by atoms with Crippen molar-refractivity contribution >= 4 is 34.7 Å². The summed E-state index contributed by atoms with van der Waals surface area (Å²) in [5.74, 6) is -0.546. The minimum absolute atomic E-state index is 0.121. The number of benzene rings is 1. The topological polar surface area (TPSA) is 100.0 Å². The predicted molar refractivity (Wildman–Crippen MR) is 109 cm³/mol. The molecule has 3 aromatic rings. The van der Waals surface area contributed by atoms with Gasteiger partial charge in [-0.25, -0.2) is 9.78 Å². The number of aromatic nitrogens is 3. The summed E-state index contributed by atoms with van der Waals surface area (Å²) < 4.78 is 2.70. The third kappa shape index (κ3) is 3.60. The highest BCUT2D eigenvalue weighted by Crippen LogP contribution is 2.32. The number of carbonyl (C=O) groups is 1. The fourth-order valence-electron chi connectivity index (χ4n) is 2.55. The first-order valence-corrected chi connectivity index (χ1v) is 9.84. The molecule has 0 saturated heterocycles. The molecule has 140 valence electrons. The zero-order chi connectivity index (χ0) is 19.7. The number of thiazole rings is 1. The number of Topliss-reactive ketones (excluding diaryl/α,β-unsaturated/α-hetero) is 1. The van der Waals surface area contributed by atoms with Gasteiger partial charge in [0.2, 0.25) is 0 Å². The molecule has 0 saturated carbocycles. The van der Waals surface area contributed by atoms with Gasteiger partial charge in [0.25, 0.3) is 5.56 Å². The van der Waals surface area contributed by atoms with Crippen LogP contribution in [0.25, 0.3) is 11.3 Å². The first kappa shape index (κ1) is 19.1. The summed E-state index contributed by atoms with van der Waals surface area (Å²) in [6.07, 6.45) is 0. The van der Waals surface area contributed by atoms with Crippen LogP contribution < -0.4 is 17.0 Å². The summed E-state index contributed by atoms with van der Waals surface area (Å²) in [4.78, 5) is 41.7. The second-order valence-corrected chi connectivity index (χ2v) is 8.40. The Bertz CT molecular complexity index is 1120. The van der Waals surface area contributed by atoms with Gasteiger partial charge in [-0.1, -0.05) is 42.1 Å². The minimum Gasteiger partial charge on any atom is -0.384 e. The Morgan fingerprint density at radius 3 is 2.52 bits per heavy atom. The summed E-state index contributed by atoms with van der Waals surface area (Å²) in [5, 5.41) is 1.35. The maximum Gasteiger partial charge on any atom is 0.332 e. The molecule has 0 amide bonds. The molecule has 3 rings (SSSR count). The number of nitrogens with two attached hydrogens (primary N) is 1. The largest absolute Gasteiger partial charge is 0.384 e. The standard InChI is InChI=1S/C18H18N4O3S2/c1-10(14(23)13-15(19)21(2)18(25)22(3)16(13)24)27-17-20-12(9-26-17)11-7-5-4-6-8-11/h4-10H,19H2,1-3H3. The summed E-state index contributed by atoms with van der Waals surface area (Å²) in [6, 6.07) is 9.74. The van der Waals surface area contributed by atoms with Gasteiger partial charge in [-0.3, -0.25) is 18.7 Å². The van der Waals surface area contributed by atoms with Gasteiger partial charge in [-0.15, -0.1) is 11.3 Å². The Labute approximate surface area is 163 Å². The van der Waals surface area contributed by atoms with E-state index in [1.807, 2.05) is 35.7 Å². The highest BCUT2D eigenvalue weighted by Gasteiger charge is 2.26. The molecule has 1 atom stereocenters. The second kappa shape index (κ2) is 7.53. The number of ketones is 1. The van der Waals surface area contributed by atoms with Crippen LogP contribution in [0.2, 0.25) is 0 Å². The molecule has 7 nitrogen and oxygen atoms in total. The van der Waals surface area contributed by atoms with Crippen LogP contribution in [0.15, 0.2) is 49.6 Å². The maximum atomic E-state index is 12.8. The van der Waals surface area contributed by atoms with Crippen molar-refractivity contribution in [2.24, 2.45) is 14.1 Å². The van der Waals surface area contributed by atoms with Gasteiger partial charge in [-0.05, 0) is 6.92 Å². The van der Waals surface area contributed by atoms with E-state index in [1.165, 1.54) is 37.2 Å².